The Morgan fingerprint density at radius 2 is 1.71 bits per heavy atom. The molecule has 0 fully saturated rings. The van der Waals surface area contributed by atoms with Gasteiger partial charge in [0.1, 0.15) is 0 Å². The molecule has 1 atom stereocenters. The van der Waals surface area contributed by atoms with Crippen molar-refractivity contribution >= 4 is 17.3 Å². The summed E-state index contributed by atoms with van der Waals surface area (Å²) in [6.45, 7) is 0. The van der Waals surface area contributed by atoms with Gasteiger partial charge in [0.05, 0.1) is 5.71 Å². The van der Waals surface area contributed by atoms with Crippen LogP contribution in [-0.2, 0) is 9.63 Å². The Kier molecular flexibility index (Phi) is 3.69. The van der Waals surface area contributed by atoms with Crippen LogP contribution in [0.25, 0.3) is 0 Å². The van der Waals surface area contributed by atoms with Gasteiger partial charge in [-0.15, -0.1) is 0 Å². The van der Waals surface area contributed by atoms with Crippen LogP contribution in [0.1, 0.15) is 12.0 Å². The highest BCUT2D eigenvalue weighted by atomic mass is 16.6. The highest BCUT2D eigenvalue weighted by molar-refractivity contribution is 6.06. The zero-order valence-electron chi connectivity index (χ0n) is 11.8. The molecule has 1 unspecified atom stereocenters. The zero-order chi connectivity index (χ0) is 14.7. The number of carbonyl (C=O) groups excluding carboxylic acids is 1. The molecule has 21 heavy (non-hydrogen) atoms. The number of nitrogens with zero attached hydrogens (tertiary/aromatic N) is 2. The van der Waals surface area contributed by atoms with Crippen LogP contribution in [0.15, 0.2) is 65.8 Å². The third-order valence-electron chi connectivity index (χ3n) is 3.53. The molecule has 2 aromatic carbocycles. The van der Waals surface area contributed by atoms with Gasteiger partial charge < -0.3 is 9.74 Å². The third-order valence-corrected chi connectivity index (χ3v) is 3.53. The minimum absolute atomic E-state index is 0.0871. The average molecular weight is 280 g/mol. The molecule has 1 heterocycles. The minimum Gasteiger partial charge on any atom is -0.382 e. The SMILES string of the molecule is CN(C(=O)C1CC(c2ccccc2)=NO1)c1ccccc1. The normalized spacial score (nSPS) is 17.0. The maximum Gasteiger partial charge on any atom is 0.271 e. The molecule has 0 N–H and O–H groups in total. The van der Waals surface area contributed by atoms with Crippen molar-refractivity contribution in [3.8, 4) is 0 Å². The van der Waals surface area contributed by atoms with Gasteiger partial charge in [-0.2, -0.15) is 0 Å². The molecule has 2 aromatic rings. The van der Waals surface area contributed by atoms with Gasteiger partial charge in [0.2, 0.25) is 6.10 Å². The molecule has 1 aliphatic heterocycles. The van der Waals surface area contributed by atoms with Gasteiger partial charge in [-0.25, -0.2) is 0 Å². The van der Waals surface area contributed by atoms with Gasteiger partial charge in [0.15, 0.2) is 0 Å². The van der Waals surface area contributed by atoms with E-state index in [1.807, 2.05) is 60.7 Å². The van der Waals surface area contributed by atoms with Crippen molar-refractivity contribution in [2.45, 2.75) is 12.5 Å². The molecule has 106 valence electrons. The Morgan fingerprint density at radius 1 is 1.10 bits per heavy atom. The van der Waals surface area contributed by atoms with Gasteiger partial charge >= 0.3 is 0 Å². The average Bonchev–Trinajstić information content (AvgIpc) is 3.05. The first-order chi connectivity index (χ1) is 10.3. The van der Waals surface area contributed by atoms with Crippen molar-refractivity contribution in [1.29, 1.82) is 0 Å². The van der Waals surface area contributed by atoms with Crippen molar-refractivity contribution in [1.82, 2.24) is 0 Å². The van der Waals surface area contributed by atoms with Gasteiger partial charge in [0.25, 0.3) is 5.91 Å². The summed E-state index contributed by atoms with van der Waals surface area (Å²) >= 11 is 0. The number of hydrogen-bond acceptors (Lipinski definition) is 3. The first kappa shape index (κ1) is 13.4. The van der Waals surface area contributed by atoms with E-state index >= 15 is 0 Å². The summed E-state index contributed by atoms with van der Waals surface area (Å²) in [7, 11) is 1.75. The fourth-order valence-electron chi connectivity index (χ4n) is 2.31. The van der Waals surface area contributed by atoms with E-state index in [9.17, 15) is 4.79 Å². The first-order valence-corrected chi connectivity index (χ1v) is 6.86. The number of rotatable bonds is 3. The van der Waals surface area contributed by atoms with Gasteiger partial charge in [-0.3, -0.25) is 4.79 Å². The van der Waals surface area contributed by atoms with Crippen molar-refractivity contribution in [2.75, 3.05) is 11.9 Å². The molecule has 0 aromatic heterocycles. The molecule has 0 aliphatic carbocycles. The maximum atomic E-state index is 12.5. The van der Waals surface area contributed by atoms with Crippen LogP contribution in [0.4, 0.5) is 5.69 Å². The number of likely N-dealkylation sites (N-methyl/N-ethyl adjacent to an activating group) is 1. The molecule has 1 aliphatic rings. The lowest BCUT2D eigenvalue weighted by molar-refractivity contribution is -0.128. The predicted molar refractivity (Wildman–Crippen MR) is 82.3 cm³/mol. The Bertz CT molecular complexity index is 653. The van der Waals surface area contributed by atoms with Gasteiger partial charge in [-0.1, -0.05) is 53.7 Å². The van der Waals surface area contributed by atoms with Crippen LogP contribution in [-0.4, -0.2) is 24.8 Å². The summed E-state index contributed by atoms with van der Waals surface area (Å²) in [5.41, 5.74) is 2.66. The number of para-hydroxylation sites is 1. The summed E-state index contributed by atoms with van der Waals surface area (Å²) in [6, 6.07) is 19.3. The second-order valence-corrected chi connectivity index (χ2v) is 4.93. The summed E-state index contributed by atoms with van der Waals surface area (Å²) in [5, 5.41) is 4.05. The van der Waals surface area contributed by atoms with Crippen molar-refractivity contribution in [3.05, 3.63) is 66.2 Å². The topological polar surface area (TPSA) is 41.9 Å². The van der Waals surface area contributed by atoms with Crippen molar-refractivity contribution in [2.24, 2.45) is 5.16 Å². The summed E-state index contributed by atoms with van der Waals surface area (Å²) in [6.07, 6.45) is -0.0505. The minimum atomic E-state index is -0.551. The molecule has 1 amide bonds. The second kappa shape index (κ2) is 5.79. The monoisotopic (exact) mass is 280 g/mol. The quantitative estimate of drug-likeness (QED) is 0.867. The Labute approximate surface area is 123 Å². The van der Waals surface area contributed by atoms with E-state index in [2.05, 4.69) is 5.16 Å². The van der Waals surface area contributed by atoms with Crippen molar-refractivity contribution < 1.29 is 9.63 Å². The standard InChI is InChI=1S/C17H16N2O2/c1-19(14-10-6-3-7-11-14)17(20)16-12-15(18-21-16)13-8-4-2-5-9-13/h2-11,16H,12H2,1H3. The van der Waals surface area contributed by atoms with Crippen LogP contribution >= 0.6 is 0 Å². The van der Waals surface area contributed by atoms with Gasteiger partial charge in [0, 0.05) is 19.2 Å². The largest absolute Gasteiger partial charge is 0.382 e. The lowest BCUT2D eigenvalue weighted by Crippen LogP contribution is -2.36. The van der Waals surface area contributed by atoms with E-state index in [0.717, 1.165) is 17.0 Å². The molecule has 4 heteroatoms. The molecule has 3 rings (SSSR count). The van der Waals surface area contributed by atoms with E-state index in [4.69, 9.17) is 4.84 Å². The lowest BCUT2D eigenvalue weighted by Gasteiger charge is -2.19. The number of anilines is 1. The molecule has 0 saturated heterocycles. The molecule has 0 radical (unpaired) electrons. The van der Waals surface area contributed by atoms with E-state index in [1.54, 1.807) is 11.9 Å². The zero-order valence-corrected chi connectivity index (χ0v) is 11.8. The third kappa shape index (κ3) is 2.79. The maximum absolute atomic E-state index is 12.5. The van der Waals surface area contributed by atoms with Crippen LogP contribution in [0, 0.1) is 0 Å². The fraction of sp³-hybridized carbons (Fsp3) is 0.176. The van der Waals surface area contributed by atoms with E-state index in [0.29, 0.717) is 6.42 Å². The highest BCUT2D eigenvalue weighted by Gasteiger charge is 2.31. The molecule has 0 spiro atoms. The van der Waals surface area contributed by atoms with Crippen LogP contribution < -0.4 is 4.90 Å². The first-order valence-electron chi connectivity index (χ1n) is 6.86. The summed E-state index contributed by atoms with van der Waals surface area (Å²) < 4.78 is 0. The molecule has 0 bridgehead atoms. The number of hydrogen-bond donors (Lipinski definition) is 0. The fourth-order valence-corrected chi connectivity index (χ4v) is 2.31. The molecule has 4 nitrogen and oxygen atoms in total. The number of benzene rings is 2. The second-order valence-electron chi connectivity index (χ2n) is 4.93. The lowest BCUT2D eigenvalue weighted by atomic mass is 10.0. The van der Waals surface area contributed by atoms with Gasteiger partial charge in [-0.05, 0) is 17.7 Å². The summed E-state index contributed by atoms with van der Waals surface area (Å²) in [5.74, 6) is -0.0871. The highest BCUT2D eigenvalue weighted by Crippen LogP contribution is 2.20. The van der Waals surface area contributed by atoms with E-state index in [-0.39, 0.29) is 5.91 Å². The number of oxime groups is 1. The Balaban J connectivity index is 1.69. The van der Waals surface area contributed by atoms with E-state index in [1.165, 1.54) is 0 Å². The smallest absolute Gasteiger partial charge is 0.271 e. The number of amides is 1. The molecule has 0 saturated carbocycles. The molecular weight excluding hydrogens is 264 g/mol. The summed E-state index contributed by atoms with van der Waals surface area (Å²) in [4.78, 5) is 19.4. The molecular formula is C17H16N2O2. The Morgan fingerprint density at radius 3 is 2.38 bits per heavy atom. The predicted octanol–water partition coefficient (Wildman–Crippen LogP) is 2.84. The van der Waals surface area contributed by atoms with Crippen molar-refractivity contribution in [3.63, 3.8) is 0 Å². The van der Waals surface area contributed by atoms with E-state index < -0.39 is 6.10 Å². The Hall–Kier alpha value is -2.62. The number of carbonyl (C=O) groups is 1. The van der Waals surface area contributed by atoms with Crippen LogP contribution in [0.2, 0.25) is 0 Å². The van der Waals surface area contributed by atoms with Crippen LogP contribution in [0.5, 0.6) is 0 Å². The van der Waals surface area contributed by atoms with Crippen LogP contribution in [0.3, 0.4) is 0 Å².